The lowest BCUT2D eigenvalue weighted by Gasteiger charge is -2.49. The standard InChI is InChI=1S/C27H27NO7/c1-31-25(30)19-13-8-14-28-20(19)15-21-23-24(35-26(32-21)17-9-4-2-5-10-17)22(16-29)33-27(34-23)18-11-6-3-7-12-18/h2-14,21-24,26-27,29H,15-16H2,1H3. The fourth-order valence-corrected chi connectivity index (χ4v) is 4.51. The minimum absolute atomic E-state index is 0.251. The number of methoxy groups -OCH3 is 1. The molecular weight excluding hydrogens is 450 g/mol. The number of esters is 1. The van der Waals surface area contributed by atoms with Gasteiger partial charge in [-0.3, -0.25) is 4.98 Å². The zero-order valence-corrected chi connectivity index (χ0v) is 19.2. The van der Waals surface area contributed by atoms with Crippen molar-refractivity contribution in [1.82, 2.24) is 4.98 Å². The van der Waals surface area contributed by atoms with Gasteiger partial charge in [0.15, 0.2) is 12.6 Å². The monoisotopic (exact) mass is 477 g/mol. The summed E-state index contributed by atoms with van der Waals surface area (Å²) in [5.41, 5.74) is 2.54. The van der Waals surface area contributed by atoms with Crippen LogP contribution in [0.4, 0.5) is 0 Å². The highest BCUT2D eigenvalue weighted by Crippen LogP contribution is 2.41. The van der Waals surface area contributed by atoms with E-state index < -0.39 is 43.0 Å². The molecule has 0 spiro atoms. The van der Waals surface area contributed by atoms with Crippen molar-refractivity contribution >= 4 is 5.97 Å². The molecule has 0 bridgehead atoms. The first-order valence-corrected chi connectivity index (χ1v) is 11.5. The molecule has 2 aliphatic heterocycles. The van der Waals surface area contributed by atoms with Crippen LogP contribution < -0.4 is 0 Å². The zero-order chi connectivity index (χ0) is 24.2. The quantitative estimate of drug-likeness (QED) is 0.540. The molecule has 0 aliphatic carbocycles. The molecule has 35 heavy (non-hydrogen) atoms. The highest BCUT2D eigenvalue weighted by Gasteiger charge is 2.50. The van der Waals surface area contributed by atoms with E-state index in [4.69, 9.17) is 23.7 Å². The molecule has 6 unspecified atom stereocenters. The molecule has 0 saturated carbocycles. The fourth-order valence-electron chi connectivity index (χ4n) is 4.51. The first kappa shape index (κ1) is 23.6. The number of hydrogen-bond acceptors (Lipinski definition) is 8. The van der Waals surface area contributed by atoms with Crippen molar-refractivity contribution in [2.75, 3.05) is 13.7 Å². The van der Waals surface area contributed by atoms with E-state index >= 15 is 0 Å². The molecule has 8 nitrogen and oxygen atoms in total. The number of hydrogen-bond donors (Lipinski definition) is 1. The van der Waals surface area contributed by atoms with Crippen molar-refractivity contribution in [3.63, 3.8) is 0 Å². The van der Waals surface area contributed by atoms with Crippen molar-refractivity contribution in [3.05, 3.63) is 101 Å². The molecule has 1 aromatic heterocycles. The summed E-state index contributed by atoms with van der Waals surface area (Å²) in [5.74, 6) is -0.473. The van der Waals surface area contributed by atoms with Crippen LogP contribution in [0.25, 0.3) is 0 Å². The van der Waals surface area contributed by atoms with Crippen LogP contribution in [0.5, 0.6) is 0 Å². The summed E-state index contributed by atoms with van der Waals surface area (Å²) in [6.07, 6.45) is -1.88. The predicted octanol–water partition coefficient (Wildman–Crippen LogP) is 3.37. The average molecular weight is 478 g/mol. The third-order valence-electron chi connectivity index (χ3n) is 6.23. The number of pyridine rings is 1. The molecule has 0 amide bonds. The van der Waals surface area contributed by atoms with Gasteiger partial charge in [0.1, 0.15) is 18.3 Å². The molecule has 2 aromatic carbocycles. The Morgan fingerprint density at radius 1 is 0.829 bits per heavy atom. The normalized spacial score (nSPS) is 28.2. The number of ether oxygens (including phenoxy) is 5. The van der Waals surface area contributed by atoms with Gasteiger partial charge in [-0.1, -0.05) is 60.7 Å². The number of aromatic nitrogens is 1. The zero-order valence-electron chi connectivity index (χ0n) is 19.2. The molecule has 8 heteroatoms. The van der Waals surface area contributed by atoms with Crippen LogP contribution >= 0.6 is 0 Å². The van der Waals surface area contributed by atoms with Gasteiger partial charge in [-0.25, -0.2) is 4.79 Å². The van der Waals surface area contributed by atoms with Crippen molar-refractivity contribution in [2.45, 2.75) is 43.4 Å². The molecular formula is C27H27NO7. The maximum atomic E-state index is 12.4. The van der Waals surface area contributed by atoms with E-state index in [1.165, 1.54) is 7.11 Å². The van der Waals surface area contributed by atoms with Gasteiger partial charge in [-0.15, -0.1) is 0 Å². The number of fused-ring (bicyclic) bond motifs is 1. The minimum atomic E-state index is -0.707. The molecule has 1 N–H and O–H groups in total. The molecule has 5 rings (SSSR count). The SMILES string of the molecule is COC(=O)c1cccnc1CC1OC(c2ccccc2)OC2C(CO)OC(c3ccccc3)OC12. The van der Waals surface area contributed by atoms with Crippen LogP contribution in [-0.2, 0) is 30.1 Å². The van der Waals surface area contributed by atoms with Crippen LogP contribution in [-0.4, -0.2) is 54.2 Å². The molecule has 3 heterocycles. The van der Waals surface area contributed by atoms with Crippen molar-refractivity contribution in [2.24, 2.45) is 0 Å². The van der Waals surface area contributed by atoms with Gasteiger partial charge in [-0.05, 0) is 12.1 Å². The molecule has 182 valence electrons. The molecule has 2 aliphatic rings. The lowest BCUT2D eigenvalue weighted by Crippen LogP contribution is -2.59. The van der Waals surface area contributed by atoms with Gasteiger partial charge in [0.25, 0.3) is 0 Å². The van der Waals surface area contributed by atoms with E-state index in [2.05, 4.69) is 4.98 Å². The fraction of sp³-hybridized carbons (Fsp3) is 0.333. The largest absolute Gasteiger partial charge is 0.465 e. The van der Waals surface area contributed by atoms with Crippen LogP contribution in [0.1, 0.15) is 39.8 Å². The van der Waals surface area contributed by atoms with Gasteiger partial charge in [0.2, 0.25) is 0 Å². The summed E-state index contributed by atoms with van der Waals surface area (Å²) in [6.45, 7) is -0.251. The molecule has 2 fully saturated rings. The molecule has 6 atom stereocenters. The van der Waals surface area contributed by atoms with Gasteiger partial charge >= 0.3 is 5.97 Å². The van der Waals surface area contributed by atoms with Crippen molar-refractivity contribution in [1.29, 1.82) is 0 Å². The summed E-state index contributed by atoms with van der Waals surface area (Å²) < 4.78 is 30.1. The Balaban J connectivity index is 1.50. The summed E-state index contributed by atoms with van der Waals surface area (Å²) in [6, 6.07) is 22.4. The van der Waals surface area contributed by atoms with Crippen molar-refractivity contribution < 1.29 is 33.6 Å². The second kappa shape index (κ2) is 10.6. The third kappa shape index (κ3) is 4.98. The minimum Gasteiger partial charge on any atom is -0.465 e. The Morgan fingerprint density at radius 3 is 1.97 bits per heavy atom. The van der Waals surface area contributed by atoms with Gasteiger partial charge in [0, 0.05) is 23.7 Å². The Kier molecular flexibility index (Phi) is 7.17. The average Bonchev–Trinajstić information content (AvgIpc) is 2.93. The smallest absolute Gasteiger partial charge is 0.339 e. The summed E-state index contributed by atoms with van der Waals surface area (Å²) in [7, 11) is 1.34. The van der Waals surface area contributed by atoms with E-state index in [0.29, 0.717) is 11.3 Å². The highest BCUT2D eigenvalue weighted by molar-refractivity contribution is 5.90. The van der Waals surface area contributed by atoms with E-state index in [1.54, 1.807) is 18.3 Å². The van der Waals surface area contributed by atoms with E-state index in [9.17, 15) is 9.90 Å². The summed E-state index contributed by atoms with van der Waals surface area (Å²) >= 11 is 0. The van der Waals surface area contributed by atoms with E-state index in [-0.39, 0.29) is 13.0 Å². The molecule has 0 radical (unpaired) electrons. The second-order valence-corrected chi connectivity index (χ2v) is 8.41. The number of nitrogens with zero attached hydrogens (tertiary/aromatic N) is 1. The number of aliphatic hydroxyl groups excluding tert-OH is 1. The van der Waals surface area contributed by atoms with Crippen LogP contribution in [0.3, 0.4) is 0 Å². The van der Waals surface area contributed by atoms with E-state index in [0.717, 1.165) is 11.1 Å². The maximum Gasteiger partial charge on any atom is 0.339 e. The van der Waals surface area contributed by atoms with Crippen LogP contribution in [0.15, 0.2) is 79.0 Å². The Morgan fingerprint density at radius 2 is 1.40 bits per heavy atom. The number of carbonyl (C=O) groups is 1. The maximum absolute atomic E-state index is 12.4. The van der Waals surface area contributed by atoms with E-state index in [1.807, 2.05) is 60.7 Å². The Bertz CT molecular complexity index is 1130. The first-order valence-electron chi connectivity index (χ1n) is 11.5. The van der Waals surface area contributed by atoms with Gasteiger partial charge in [-0.2, -0.15) is 0 Å². The highest BCUT2D eigenvalue weighted by atomic mass is 16.8. The molecule has 3 aromatic rings. The van der Waals surface area contributed by atoms with Crippen LogP contribution in [0.2, 0.25) is 0 Å². The third-order valence-corrected chi connectivity index (χ3v) is 6.23. The Labute approximate surface area is 203 Å². The topological polar surface area (TPSA) is 96.3 Å². The van der Waals surface area contributed by atoms with Gasteiger partial charge < -0.3 is 28.8 Å². The predicted molar refractivity (Wildman–Crippen MR) is 124 cm³/mol. The van der Waals surface area contributed by atoms with Crippen molar-refractivity contribution in [3.8, 4) is 0 Å². The summed E-state index contributed by atoms with van der Waals surface area (Å²) in [5, 5.41) is 10.2. The first-order chi connectivity index (χ1) is 17.2. The second-order valence-electron chi connectivity index (χ2n) is 8.41. The lowest BCUT2D eigenvalue weighted by atomic mass is 9.94. The molecule has 2 saturated heterocycles. The lowest BCUT2D eigenvalue weighted by molar-refractivity contribution is -0.384. The van der Waals surface area contributed by atoms with Crippen LogP contribution in [0, 0.1) is 0 Å². The summed E-state index contributed by atoms with van der Waals surface area (Å²) in [4.78, 5) is 16.8. The number of rotatable bonds is 6. The number of carbonyl (C=O) groups excluding carboxylic acids is 1. The Hall–Kier alpha value is -3.14. The van der Waals surface area contributed by atoms with Gasteiger partial charge in [0.05, 0.1) is 31.1 Å². The number of benzene rings is 2. The number of aliphatic hydroxyl groups is 1.